The van der Waals surface area contributed by atoms with Crippen molar-refractivity contribution in [2.75, 3.05) is 13.2 Å². The molecule has 0 bridgehead atoms. The quantitative estimate of drug-likeness (QED) is 0.779. The molecule has 1 fully saturated rings. The molecule has 1 amide bonds. The molecule has 1 aromatic heterocycles. The van der Waals surface area contributed by atoms with Crippen LogP contribution in [-0.4, -0.2) is 29.1 Å². The molecule has 0 aromatic carbocycles. The standard InChI is InChI=1S/C13H17F3N2O2/c14-13(15,16)10-3-2-9(18-10)11(20)17-8-12(6-7-19)4-1-5-12/h2-3,18-19H,1,4-8H2,(H,17,20). The molecule has 1 aliphatic rings. The first-order valence-electron chi connectivity index (χ1n) is 6.52. The number of carbonyl (C=O) groups excluding carboxylic acids is 1. The summed E-state index contributed by atoms with van der Waals surface area (Å²) in [5, 5.41) is 11.6. The van der Waals surface area contributed by atoms with Gasteiger partial charge in [0.05, 0.1) is 0 Å². The molecular weight excluding hydrogens is 273 g/mol. The van der Waals surface area contributed by atoms with Gasteiger partial charge in [-0.25, -0.2) is 0 Å². The second-order valence-electron chi connectivity index (χ2n) is 5.29. The van der Waals surface area contributed by atoms with E-state index in [1.807, 2.05) is 0 Å². The van der Waals surface area contributed by atoms with E-state index in [2.05, 4.69) is 10.3 Å². The highest BCUT2D eigenvalue weighted by atomic mass is 19.4. The Morgan fingerprint density at radius 1 is 1.40 bits per heavy atom. The number of aromatic amines is 1. The summed E-state index contributed by atoms with van der Waals surface area (Å²) in [6.07, 6.45) is -0.980. The van der Waals surface area contributed by atoms with Gasteiger partial charge in [0.1, 0.15) is 11.4 Å². The third kappa shape index (κ3) is 3.15. The van der Waals surface area contributed by atoms with Crippen LogP contribution in [0.4, 0.5) is 13.2 Å². The van der Waals surface area contributed by atoms with Crippen LogP contribution in [-0.2, 0) is 6.18 Å². The van der Waals surface area contributed by atoms with Crippen LogP contribution in [0, 0.1) is 5.41 Å². The summed E-state index contributed by atoms with van der Waals surface area (Å²) in [4.78, 5) is 13.9. The van der Waals surface area contributed by atoms with Gasteiger partial charge in [0.2, 0.25) is 0 Å². The summed E-state index contributed by atoms with van der Waals surface area (Å²) >= 11 is 0. The van der Waals surface area contributed by atoms with Crippen molar-refractivity contribution in [2.24, 2.45) is 5.41 Å². The van der Waals surface area contributed by atoms with Crippen molar-refractivity contribution in [3.63, 3.8) is 0 Å². The van der Waals surface area contributed by atoms with E-state index in [-0.39, 0.29) is 17.7 Å². The molecule has 20 heavy (non-hydrogen) atoms. The molecule has 7 heteroatoms. The number of alkyl halides is 3. The Kier molecular flexibility index (Phi) is 4.08. The minimum Gasteiger partial charge on any atom is -0.396 e. The zero-order valence-corrected chi connectivity index (χ0v) is 10.9. The molecule has 0 spiro atoms. The number of amides is 1. The van der Waals surface area contributed by atoms with Crippen molar-refractivity contribution in [2.45, 2.75) is 31.9 Å². The number of aliphatic hydroxyl groups is 1. The molecule has 1 heterocycles. The molecule has 0 saturated heterocycles. The summed E-state index contributed by atoms with van der Waals surface area (Å²) in [6, 6.07) is 1.97. The lowest BCUT2D eigenvalue weighted by atomic mass is 9.67. The number of aliphatic hydroxyl groups excluding tert-OH is 1. The molecule has 112 valence electrons. The highest BCUT2D eigenvalue weighted by Crippen LogP contribution is 2.43. The number of rotatable bonds is 5. The number of halogens is 3. The number of carbonyl (C=O) groups is 1. The maximum atomic E-state index is 12.4. The Morgan fingerprint density at radius 3 is 2.55 bits per heavy atom. The number of hydrogen-bond donors (Lipinski definition) is 3. The lowest BCUT2D eigenvalue weighted by Crippen LogP contribution is -2.42. The van der Waals surface area contributed by atoms with E-state index < -0.39 is 17.8 Å². The molecule has 0 atom stereocenters. The fraction of sp³-hybridized carbons (Fsp3) is 0.615. The van der Waals surface area contributed by atoms with Gasteiger partial charge in [-0.3, -0.25) is 4.79 Å². The highest BCUT2D eigenvalue weighted by Gasteiger charge is 2.37. The van der Waals surface area contributed by atoms with Crippen LogP contribution in [0.5, 0.6) is 0 Å². The summed E-state index contributed by atoms with van der Waals surface area (Å²) in [5.41, 5.74) is -1.13. The van der Waals surface area contributed by atoms with Crippen molar-refractivity contribution in [3.8, 4) is 0 Å². The second kappa shape index (κ2) is 5.47. The molecule has 1 aromatic rings. The van der Waals surface area contributed by atoms with Gasteiger partial charge in [-0.1, -0.05) is 6.42 Å². The van der Waals surface area contributed by atoms with Gasteiger partial charge in [-0.2, -0.15) is 13.2 Å². The predicted molar refractivity (Wildman–Crippen MR) is 66.1 cm³/mol. The fourth-order valence-electron chi connectivity index (χ4n) is 2.49. The minimum atomic E-state index is -4.48. The van der Waals surface area contributed by atoms with Crippen molar-refractivity contribution in [1.29, 1.82) is 0 Å². The van der Waals surface area contributed by atoms with Gasteiger partial charge in [-0.15, -0.1) is 0 Å². The van der Waals surface area contributed by atoms with Crippen LogP contribution in [0.3, 0.4) is 0 Å². The Morgan fingerprint density at radius 2 is 2.10 bits per heavy atom. The predicted octanol–water partition coefficient (Wildman–Crippen LogP) is 2.32. The summed E-state index contributed by atoms with van der Waals surface area (Å²) in [5.74, 6) is -0.551. The Labute approximate surface area is 114 Å². The van der Waals surface area contributed by atoms with Crippen LogP contribution < -0.4 is 5.32 Å². The average Bonchev–Trinajstić information content (AvgIpc) is 2.81. The van der Waals surface area contributed by atoms with Crippen LogP contribution >= 0.6 is 0 Å². The van der Waals surface area contributed by atoms with Gasteiger partial charge in [-0.05, 0) is 36.8 Å². The Balaban J connectivity index is 1.93. The second-order valence-corrected chi connectivity index (χ2v) is 5.29. The lowest BCUT2D eigenvalue weighted by molar-refractivity contribution is -0.140. The number of nitrogens with one attached hydrogen (secondary N) is 2. The Bertz CT molecular complexity index is 478. The van der Waals surface area contributed by atoms with E-state index in [4.69, 9.17) is 5.11 Å². The van der Waals surface area contributed by atoms with Crippen molar-refractivity contribution in [1.82, 2.24) is 10.3 Å². The van der Waals surface area contributed by atoms with E-state index in [1.54, 1.807) is 0 Å². The summed E-state index contributed by atoms with van der Waals surface area (Å²) in [6.45, 7) is 0.434. The number of H-pyrrole nitrogens is 1. The molecule has 0 aliphatic heterocycles. The van der Waals surface area contributed by atoms with E-state index in [1.165, 1.54) is 0 Å². The molecule has 1 aliphatic carbocycles. The SMILES string of the molecule is O=C(NCC1(CCO)CCC1)c1ccc(C(F)(F)F)[nH]1. The molecule has 3 N–H and O–H groups in total. The van der Waals surface area contributed by atoms with Gasteiger partial charge < -0.3 is 15.4 Å². The highest BCUT2D eigenvalue weighted by molar-refractivity contribution is 5.92. The first-order valence-corrected chi connectivity index (χ1v) is 6.52. The summed E-state index contributed by atoms with van der Waals surface area (Å²) in [7, 11) is 0. The topological polar surface area (TPSA) is 65.1 Å². The van der Waals surface area contributed by atoms with Crippen LogP contribution in [0.15, 0.2) is 12.1 Å². The zero-order chi connectivity index (χ0) is 14.8. The maximum Gasteiger partial charge on any atom is 0.431 e. The van der Waals surface area contributed by atoms with Crippen LogP contribution in [0.2, 0.25) is 0 Å². The van der Waals surface area contributed by atoms with Crippen molar-refractivity contribution in [3.05, 3.63) is 23.5 Å². The molecule has 2 rings (SSSR count). The van der Waals surface area contributed by atoms with E-state index in [9.17, 15) is 18.0 Å². The van der Waals surface area contributed by atoms with E-state index in [0.717, 1.165) is 31.4 Å². The van der Waals surface area contributed by atoms with Crippen LogP contribution in [0.25, 0.3) is 0 Å². The monoisotopic (exact) mass is 290 g/mol. The average molecular weight is 290 g/mol. The summed E-state index contributed by atoms with van der Waals surface area (Å²) < 4.78 is 37.2. The minimum absolute atomic E-state index is 0.0522. The van der Waals surface area contributed by atoms with Gasteiger partial charge in [0.25, 0.3) is 5.91 Å². The van der Waals surface area contributed by atoms with Crippen molar-refractivity contribution >= 4 is 5.91 Å². The zero-order valence-electron chi connectivity index (χ0n) is 10.9. The Hall–Kier alpha value is -1.50. The molecule has 0 radical (unpaired) electrons. The lowest BCUT2D eigenvalue weighted by Gasteiger charge is -2.41. The van der Waals surface area contributed by atoms with Crippen molar-refractivity contribution < 1.29 is 23.1 Å². The molecular formula is C13H17F3N2O2. The van der Waals surface area contributed by atoms with Gasteiger partial charge in [0, 0.05) is 13.2 Å². The molecule has 1 saturated carbocycles. The normalized spacial score (nSPS) is 17.6. The largest absolute Gasteiger partial charge is 0.431 e. The fourth-order valence-corrected chi connectivity index (χ4v) is 2.49. The smallest absolute Gasteiger partial charge is 0.396 e. The number of aromatic nitrogens is 1. The molecule has 4 nitrogen and oxygen atoms in total. The molecule has 0 unspecified atom stereocenters. The van der Waals surface area contributed by atoms with E-state index in [0.29, 0.717) is 13.0 Å². The maximum absolute atomic E-state index is 12.4. The third-order valence-corrected chi connectivity index (χ3v) is 3.92. The van der Waals surface area contributed by atoms with Gasteiger partial charge >= 0.3 is 6.18 Å². The first-order chi connectivity index (χ1) is 9.36. The first kappa shape index (κ1) is 14.9. The number of hydrogen-bond acceptors (Lipinski definition) is 2. The van der Waals surface area contributed by atoms with Gasteiger partial charge in [0.15, 0.2) is 0 Å². The third-order valence-electron chi connectivity index (χ3n) is 3.92. The van der Waals surface area contributed by atoms with Crippen LogP contribution in [0.1, 0.15) is 41.9 Å². The van der Waals surface area contributed by atoms with E-state index >= 15 is 0 Å².